The molecule has 34 heavy (non-hydrogen) atoms. The lowest BCUT2D eigenvalue weighted by molar-refractivity contribution is -0.121. The number of halogens is 1. The number of nitrogens with zero attached hydrogens (tertiary/aromatic N) is 1. The summed E-state index contributed by atoms with van der Waals surface area (Å²) in [5.74, 6) is -0.362. The molecule has 0 aliphatic heterocycles. The highest BCUT2D eigenvalue weighted by Crippen LogP contribution is 2.20. The van der Waals surface area contributed by atoms with Gasteiger partial charge >= 0.3 is 0 Å². The van der Waals surface area contributed by atoms with Crippen LogP contribution in [0, 0.1) is 0 Å². The van der Waals surface area contributed by atoms with Gasteiger partial charge < -0.3 is 5.32 Å². The molecule has 0 aliphatic carbocycles. The Morgan fingerprint density at radius 1 is 0.824 bits per heavy atom. The zero-order valence-electron chi connectivity index (χ0n) is 18.5. The highest BCUT2D eigenvalue weighted by Gasteiger charge is 2.26. The first kappa shape index (κ1) is 24.0. The average molecular weight is 493 g/mol. The Morgan fingerprint density at radius 2 is 1.50 bits per heavy atom. The van der Waals surface area contributed by atoms with Gasteiger partial charge in [0.1, 0.15) is 0 Å². The van der Waals surface area contributed by atoms with Gasteiger partial charge in [-0.25, -0.2) is 8.42 Å². The van der Waals surface area contributed by atoms with Crippen molar-refractivity contribution >= 4 is 38.3 Å². The van der Waals surface area contributed by atoms with E-state index in [-0.39, 0.29) is 23.9 Å². The zero-order valence-corrected chi connectivity index (χ0v) is 20.1. The minimum absolute atomic E-state index is 0.104. The van der Waals surface area contributed by atoms with E-state index in [0.29, 0.717) is 18.0 Å². The molecular weight excluding hydrogens is 468 g/mol. The Hall–Kier alpha value is -3.19. The van der Waals surface area contributed by atoms with E-state index >= 15 is 0 Å². The van der Waals surface area contributed by atoms with Crippen LogP contribution >= 0.6 is 11.6 Å². The van der Waals surface area contributed by atoms with Gasteiger partial charge in [-0.05, 0) is 52.6 Å². The van der Waals surface area contributed by atoms with Crippen molar-refractivity contribution < 1.29 is 13.2 Å². The van der Waals surface area contributed by atoms with Crippen LogP contribution in [0.5, 0.6) is 0 Å². The lowest BCUT2D eigenvalue weighted by Crippen LogP contribution is -2.41. The lowest BCUT2D eigenvalue weighted by Gasteiger charge is -2.22. The van der Waals surface area contributed by atoms with E-state index in [1.54, 1.807) is 0 Å². The number of amides is 1. The van der Waals surface area contributed by atoms with Gasteiger partial charge in [0.25, 0.3) is 0 Å². The molecule has 0 saturated carbocycles. The number of carbonyl (C=O) groups is 1. The van der Waals surface area contributed by atoms with Gasteiger partial charge in [0.2, 0.25) is 15.9 Å². The molecule has 0 saturated heterocycles. The third-order valence-electron chi connectivity index (χ3n) is 5.62. The predicted octanol–water partition coefficient (Wildman–Crippen LogP) is 5.04. The highest BCUT2D eigenvalue weighted by molar-refractivity contribution is 7.89. The molecule has 0 bridgehead atoms. The smallest absolute Gasteiger partial charge is 0.243 e. The summed E-state index contributed by atoms with van der Waals surface area (Å²) in [6, 6.07) is 29.5. The van der Waals surface area contributed by atoms with Crippen molar-refractivity contribution in [2.75, 3.05) is 13.1 Å². The highest BCUT2D eigenvalue weighted by atomic mass is 35.5. The molecule has 0 spiro atoms. The fourth-order valence-electron chi connectivity index (χ4n) is 3.79. The number of nitrogens with one attached hydrogen (secondary N) is 1. The summed E-state index contributed by atoms with van der Waals surface area (Å²) in [4.78, 5) is 13.0. The molecule has 4 aromatic carbocycles. The molecule has 4 rings (SSSR count). The Kier molecular flexibility index (Phi) is 7.63. The first-order valence-electron chi connectivity index (χ1n) is 11.0. The Bertz CT molecular complexity index is 1370. The van der Waals surface area contributed by atoms with Gasteiger partial charge in [-0.1, -0.05) is 84.4 Å². The SMILES string of the molecule is O=C(CN(CCc1ccccc1)S(=O)(=O)c1ccc(Cl)cc1)NCc1cccc2ccccc12. The molecule has 0 heterocycles. The molecule has 7 heteroatoms. The summed E-state index contributed by atoms with van der Waals surface area (Å²) >= 11 is 5.94. The number of carbonyl (C=O) groups excluding carboxylic acids is 1. The molecule has 0 aromatic heterocycles. The fraction of sp³-hybridized carbons (Fsp3) is 0.148. The molecule has 0 radical (unpaired) electrons. The van der Waals surface area contributed by atoms with E-state index in [4.69, 9.17) is 11.6 Å². The number of sulfonamides is 1. The summed E-state index contributed by atoms with van der Waals surface area (Å²) < 4.78 is 27.9. The van der Waals surface area contributed by atoms with E-state index in [1.165, 1.54) is 28.6 Å². The van der Waals surface area contributed by atoms with Gasteiger partial charge in [0.15, 0.2) is 0 Å². The van der Waals surface area contributed by atoms with Crippen LogP contribution in [0.15, 0.2) is 102 Å². The van der Waals surface area contributed by atoms with Crippen LogP contribution in [0.4, 0.5) is 0 Å². The number of hydrogen-bond donors (Lipinski definition) is 1. The van der Waals surface area contributed by atoms with E-state index in [9.17, 15) is 13.2 Å². The first-order chi connectivity index (χ1) is 16.4. The molecule has 4 aromatic rings. The summed E-state index contributed by atoms with van der Waals surface area (Å²) in [6.07, 6.45) is 0.490. The average Bonchev–Trinajstić information content (AvgIpc) is 2.86. The van der Waals surface area contributed by atoms with Crippen LogP contribution in [-0.4, -0.2) is 31.7 Å². The first-order valence-corrected chi connectivity index (χ1v) is 12.8. The van der Waals surface area contributed by atoms with E-state index < -0.39 is 10.0 Å². The van der Waals surface area contributed by atoms with Gasteiger partial charge in [0.05, 0.1) is 11.4 Å². The number of hydrogen-bond acceptors (Lipinski definition) is 3. The molecule has 0 fully saturated rings. The molecule has 174 valence electrons. The third kappa shape index (κ3) is 5.83. The Morgan fingerprint density at radius 3 is 2.26 bits per heavy atom. The summed E-state index contributed by atoms with van der Waals surface area (Å²) in [6.45, 7) is 0.215. The maximum absolute atomic E-state index is 13.4. The van der Waals surface area contributed by atoms with Crippen molar-refractivity contribution in [2.45, 2.75) is 17.9 Å². The molecule has 5 nitrogen and oxygen atoms in total. The maximum atomic E-state index is 13.4. The maximum Gasteiger partial charge on any atom is 0.243 e. The second-order valence-corrected chi connectivity index (χ2v) is 10.3. The monoisotopic (exact) mass is 492 g/mol. The number of benzene rings is 4. The number of rotatable bonds is 9. The molecule has 1 N–H and O–H groups in total. The summed E-state index contributed by atoms with van der Waals surface area (Å²) in [5.41, 5.74) is 1.97. The van der Waals surface area contributed by atoms with Crippen molar-refractivity contribution in [1.29, 1.82) is 0 Å². The zero-order chi connectivity index (χ0) is 24.0. The van der Waals surface area contributed by atoms with E-state index in [1.807, 2.05) is 72.8 Å². The normalized spacial score (nSPS) is 11.6. The van der Waals surface area contributed by atoms with Crippen molar-refractivity contribution in [3.05, 3.63) is 113 Å². The van der Waals surface area contributed by atoms with E-state index in [2.05, 4.69) is 5.32 Å². The van der Waals surface area contributed by atoms with Gasteiger partial charge in [-0.15, -0.1) is 0 Å². The van der Waals surface area contributed by atoms with Crippen LogP contribution in [0.25, 0.3) is 10.8 Å². The lowest BCUT2D eigenvalue weighted by atomic mass is 10.0. The van der Waals surface area contributed by atoms with Crippen molar-refractivity contribution in [3.63, 3.8) is 0 Å². The van der Waals surface area contributed by atoms with E-state index in [0.717, 1.165) is 21.9 Å². The predicted molar refractivity (Wildman–Crippen MR) is 136 cm³/mol. The molecule has 1 amide bonds. The second-order valence-electron chi connectivity index (χ2n) is 7.94. The van der Waals surface area contributed by atoms with Crippen LogP contribution in [0.2, 0.25) is 5.02 Å². The molecular formula is C27H25ClN2O3S. The standard InChI is InChI=1S/C27H25ClN2O3S/c28-24-13-15-25(16-14-24)34(32,33)30(18-17-21-7-2-1-3-8-21)20-27(31)29-19-23-11-6-10-22-9-4-5-12-26(22)23/h1-16H,17-20H2,(H,29,31). The third-order valence-corrected chi connectivity index (χ3v) is 7.73. The molecule has 0 aliphatic rings. The van der Waals surface area contributed by atoms with Gasteiger partial charge in [-0.2, -0.15) is 4.31 Å². The molecule has 0 atom stereocenters. The Labute approximate surface area is 205 Å². The van der Waals surface area contributed by atoms with Crippen molar-refractivity contribution in [3.8, 4) is 0 Å². The minimum Gasteiger partial charge on any atom is -0.351 e. The fourth-order valence-corrected chi connectivity index (χ4v) is 5.32. The second kappa shape index (κ2) is 10.8. The minimum atomic E-state index is -3.89. The van der Waals surface area contributed by atoms with Crippen LogP contribution in [-0.2, 0) is 27.8 Å². The molecule has 0 unspecified atom stereocenters. The van der Waals surface area contributed by atoms with Crippen molar-refractivity contribution in [2.24, 2.45) is 0 Å². The Balaban J connectivity index is 1.50. The summed E-state index contributed by atoms with van der Waals surface area (Å²) in [5, 5.41) is 5.48. The van der Waals surface area contributed by atoms with Crippen LogP contribution in [0.3, 0.4) is 0 Å². The van der Waals surface area contributed by atoms with Crippen LogP contribution in [0.1, 0.15) is 11.1 Å². The van der Waals surface area contributed by atoms with Gasteiger partial charge in [-0.3, -0.25) is 4.79 Å². The van der Waals surface area contributed by atoms with Crippen LogP contribution < -0.4 is 5.32 Å². The summed E-state index contributed by atoms with van der Waals surface area (Å²) in [7, 11) is -3.89. The quantitative estimate of drug-likeness (QED) is 0.356. The van der Waals surface area contributed by atoms with Crippen molar-refractivity contribution in [1.82, 2.24) is 9.62 Å². The van der Waals surface area contributed by atoms with Gasteiger partial charge in [0, 0.05) is 18.1 Å². The largest absolute Gasteiger partial charge is 0.351 e. The topological polar surface area (TPSA) is 66.5 Å². The number of fused-ring (bicyclic) bond motifs is 1.